The van der Waals surface area contributed by atoms with Gasteiger partial charge in [-0.1, -0.05) is 171 Å². The summed E-state index contributed by atoms with van der Waals surface area (Å²) < 4.78 is 0. The molecule has 10 rings (SSSR count). The lowest BCUT2D eigenvalue weighted by molar-refractivity contribution is -0.134. The first kappa shape index (κ1) is 54.3. The summed E-state index contributed by atoms with van der Waals surface area (Å²) in [7, 11) is 0. The van der Waals surface area contributed by atoms with E-state index in [1.807, 2.05) is 94.7 Å². The highest BCUT2D eigenvalue weighted by Crippen LogP contribution is 2.25. The number of nitrogens with two attached hydrogens (primary N) is 2. The van der Waals surface area contributed by atoms with E-state index >= 15 is 0 Å². The highest BCUT2D eigenvalue weighted by atomic mass is 16.2. The third-order valence-electron chi connectivity index (χ3n) is 15.2. The average Bonchev–Trinajstić information content (AvgIpc) is 3.71. The number of benzene rings is 8. The number of amides is 4. The van der Waals surface area contributed by atoms with Crippen molar-refractivity contribution in [2.45, 2.75) is 95.0 Å². The van der Waals surface area contributed by atoms with Crippen LogP contribution in [0.4, 0.5) is 0 Å². The smallest absolute Gasteiger partial charge is 0.251 e. The van der Waals surface area contributed by atoms with Gasteiger partial charge in [0.15, 0.2) is 0 Å². The summed E-state index contributed by atoms with van der Waals surface area (Å²) in [6, 6.07) is 56.8. The minimum absolute atomic E-state index is 0.00347. The van der Waals surface area contributed by atoms with E-state index in [0.29, 0.717) is 64.3 Å². The van der Waals surface area contributed by atoms with E-state index in [9.17, 15) is 19.2 Å². The number of rotatable bonds is 19. The van der Waals surface area contributed by atoms with Crippen molar-refractivity contribution in [2.24, 2.45) is 11.5 Å². The van der Waals surface area contributed by atoms with Crippen LogP contribution in [0.1, 0.15) is 78.4 Å². The lowest BCUT2D eigenvalue weighted by Crippen LogP contribution is -2.48. The van der Waals surface area contributed by atoms with Crippen molar-refractivity contribution < 1.29 is 19.2 Å². The van der Waals surface area contributed by atoms with Crippen molar-refractivity contribution in [1.82, 2.24) is 31.1 Å². The summed E-state index contributed by atoms with van der Waals surface area (Å²) in [5.74, 6) is 0.152. The molecule has 4 atom stereocenters. The maximum Gasteiger partial charge on any atom is 0.251 e. The molecule has 77 heavy (non-hydrogen) atoms. The molecule has 2 saturated heterocycles. The van der Waals surface area contributed by atoms with Crippen molar-refractivity contribution in [3.05, 3.63) is 192 Å². The molecule has 0 unspecified atom stereocenters. The maximum atomic E-state index is 13.7. The summed E-state index contributed by atoms with van der Waals surface area (Å²) in [5, 5.41) is 22.5. The van der Waals surface area contributed by atoms with Crippen molar-refractivity contribution in [2.75, 3.05) is 39.3 Å². The van der Waals surface area contributed by atoms with E-state index in [1.54, 1.807) is 0 Å². The number of hydrogen-bond donors (Lipinski definition) is 6. The van der Waals surface area contributed by atoms with Crippen molar-refractivity contribution >= 4 is 66.7 Å². The van der Waals surface area contributed by atoms with Gasteiger partial charge in [0.05, 0.1) is 18.5 Å². The molecular weight excluding hydrogens is 957 g/mol. The second-order valence-corrected chi connectivity index (χ2v) is 20.7. The topological polar surface area (TPSA) is 175 Å². The zero-order chi connectivity index (χ0) is 53.3. The van der Waals surface area contributed by atoms with Gasteiger partial charge in [-0.15, -0.1) is 0 Å². The summed E-state index contributed by atoms with van der Waals surface area (Å²) >= 11 is 0. The van der Waals surface area contributed by atoms with Crippen LogP contribution in [-0.2, 0) is 33.9 Å². The normalized spacial score (nSPS) is 17.9. The molecule has 12 nitrogen and oxygen atoms in total. The Morgan fingerprint density at radius 3 is 1.48 bits per heavy atom. The standard InChI is InChI=1S/C33H38N4O2.C32H36N4O2/c34-18-6-5-14-31-33(39)37(23-28-12-7-11-26-9-3-4-13-30(26)28)19-17-29(36-31)22-35-32(38)21-24-15-16-25-8-1-2-10-27(25)20-24;33-18-6-5-14-30-32(38)36(22-27-12-7-11-24-9-3-4-13-29(24)27)19-17-28(35-30)21-34-31(37)26-16-15-23-8-1-2-10-25(23)20-26/h1-4,7-13,15-16,20,29,31,36H,5-6,14,17-19,21-23,34H2,(H,35,38);1-4,7-13,15-16,20,28,30,35H,5-6,14,17-19,21-22,33H2,(H,34,37)/t29-,31-;28-,30-/m00/s1. The van der Waals surface area contributed by atoms with Crippen LogP contribution in [0.5, 0.6) is 0 Å². The Balaban J connectivity index is 0.000000188. The van der Waals surface area contributed by atoms with Gasteiger partial charge in [0, 0.05) is 56.9 Å². The minimum Gasteiger partial charge on any atom is -0.354 e. The van der Waals surface area contributed by atoms with Crippen molar-refractivity contribution in [3.8, 4) is 0 Å². The molecule has 398 valence electrons. The Bertz CT molecular complexity index is 3280. The molecule has 8 aromatic rings. The molecule has 0 saturated carbocycles. The molecule has 2 heterocycles. The first-order chi connectivity index (χ1) is 37.7. The van der Waals surface area contributed by atoms with Gasteiger partial charge in [-0.2, -0.15) is 0 Å². The Labute approximate surface area is 452 Å². The van der Waals surface area contributed by atoms with Crippen LogP contribution in [0.3, 0.4) is 0 Å². The summed E-state index contributed by atoms with van der Waals surface area (Å²) in [4.78, 5) is 57.1. The maximum absolute atomic E-state index is 13.7. The van der Waals surface area contributed by atoms with Gasteiger partial charge in [0.2, 0.25) is 17.7 Å². The van der Waals surface area contributed by atoms with Gasteiger partial charge >= 0.3 is 0 Å². The first-order valence-corrected chi connectivity index (χ1v) is 27.7. The lowest BCUT2D eigenvalue weighted by Gasteiger charge is -2.25. The fourth-order valence-corrected chi connectivity index (χ4v) is 11.0. The highest BCUT2D eigenvalue weighted by Gasteiger charge is 2.32. The van der Waals surface area contributed by atoms with Gasteiger partial charge in [-0.3, -0.25) is 19.2 Å². The monoisotopic (exact) mass is 1030 g/mol. The van der Waals surface area contributed by atoms with Crippen LogP contribution in [-0.4, -0.2) is 96.9 Å². The molecule has 0 bridgehead atoms. The van der Waals surface area contributed by atoms with E-state index in [-0.39, 0.29) is 47.8 Å². The Morgan fingerprint density at radius 2 is 0.948 bits per heavy atom. The number of nitrogens with zero attached hydrogens (tertiary/aromatic N) is 2. The number of nitrogens with one attached hydrogen (secondary N) is 4. The fraction of sp³-hybridized carbons (Fsp3) is 0.323. The molecule has 0 aliphatic carbocycles. The predicted molar refractivity (Wildman–Crippen MR) is 312 cm³/mol. The molecular formula is C65H74N8O4. The van der Waals surface area contributed by atoms with Crippen LogP contribution in [0.15, 0.2) is 170 Å². The minimum atomic E-state index is -0.290. The summed E-state index contributed by atoms with van der Waals surface area (Å²) in [6.45, 7) is 4.64. The van der Waals surface area contributed by atoms with Crippen molar-refractivity contribution in [1.29, 1.82) is 0 Å². The molecule has 4 amide bonds. The third kappa shape index (κ3) is 14.5. The summed E-state index contributed by atoms with van der Waals surface area (Å²) in [6.07, 6.45) is 6.91. The predicted octanol–water partition coefficient (Wildman–Crippen LogP) is 9.15. The first-order valence-electron chi connectivity index (χ1n) is 27.7. The Hall–Kier alpha value is -7.48. The molecule has 0 radical (unpaired) electrons. The molecule has 0 spiro atoms. The fourth-order valence-electron chi connectivity index (χ4n) is 11.0. The second kappa shape index (κ2) is 27.0. The van der Waals surface area contributed by atoms with Crippen molar-refractivity contribution in [3.63, 3.8) is 0 Å². The van der Waals surface area contributed by atoms with E-state index < -0.39 is 0 Å². The Kier molecular flexibility index (Phi) is 19.1. The van der Waals surface area contributed by atoms with E-state index in [2.05, 4.69) is 106 Å². The molecule has 0 aromatic heterocycles. The van der Waals surface area contributed by atoms with Crippen LogP contribution in [0.25, 0.3) is 43.1 Å². The SMILES string of the molecule is NCCCC[C@@H]1N[C@H](CNC(=O)Cc2ccc3ccccc3c2)CCN(Cc2cccc3ccccc23)C1=O.NCCCC[C@@H]1N[C@H](CNC(=O)c2ccc3ccccc3c2)CCN(Cc2cccc3ccccc23)C1=O. The van der Waals surface area contributed by atoms with Gasteiger partial charge in [0.1, 0.15) is 0 Å². The quantitative estimate of drug-likeness (QED) is 0.0435. The lowest BCUT2D eigenvalue weighted by atomic mass is 10.0. The molecule has 2 aliphatic heterocycles. The molecule has 8 N–H and O–H groups in total. The second-order valence-electron chi connectivity index (χ2n) is 20.7. The highest BCUT2D eigenvalue weighted by molar-refractivity contribution is 5.98. The number of fused-ring (bicyclic) bond motifs is 4. The van der Waals surface area contributed by atoms with Gasteiger partial charge < -0.3 is 42.5 Å². The molecule has 2 fully saturated rings. The van der Waals surface area contributed by atoms with Crippen LogP contribution in [0.2, 0.25) is 0 Å². The number of carbonyl (C=O) groups is 4. The van der Waals surface area contributed by atoms with Crippen LogP contribution >= 0.6 is 0 Å². The van der Waals surface area contributed by atoms with Gasteiger partial charge in [-0.05, 0) is 124 Å². The molecule has 8 aromatic carbocycles. The zero-order valence-corrected chi connectivity index (χ0v) is 44.2. The zero-order valence-electron chi connectivity index (χ0n) is 44.2. The van der Waals surface area contributed by atoms with E-state index in [4.69, 9.17) is 11.5 Å². The van der Waals surface area contributed by atoms with Crippen LogP contribution in [0, 0.1) is 0 Å². The summed E-state index contributed by atoms with van der Waals surface area (Å²) in [5.41, 5.74) is 15.4. The third-order valence-corrected chi connectivity index (χ3v) is 15.2. The van der Waals surface area contributed by atoms with E-state index in [0.717, 1.165) is 84.2 Å². The van der Waals surface area contributed by atoms with E-state index in [1.165, 1.54) is 26.9 Å². The average molecular weight is 1030 g/mol. The number of carbonyl (C=O) groups excluding carboxylic acids is 4. The van der Waals surface area contributed by atoms with Gasteiger partial charge in [0.25, 0.3) is 5.91 Å². The molecule has 2 aliphatic rings. The number of hydrogen-bond acceptors (Lipinski definition) is 8. The Morgan fingerprint density at radius 1 is 0.494 bits per heavy atom. The molecule has 12 heteroatoms. The van der Waals surface area contributed by atoms with Crippen LogP contribution < -0.4 is 32.7 Å². The van der Waals surface area contributed by atoms with Gasteiger partial charge in [-0.25, -0.2) is 0 Å². The largest absolute Gasteiger partial charge is 0.354 e. The number of unbranched alkanes of at least 4 members (excludes halogenated alkanes) is 2.